The Kier molecular flexibility index (Phi) is 4.52. The van der Waals surface area contributed by atoms with Crippen LogP contribution in [0.3, 0.4) is 0 Å². The molecule has 0 aliphatic heterocycles. The smallest absolute Gasteiger partial charge is 0.205 e. The van der Waals surface area contributed by atoms with Gasteiger partial charge in [0.15, 0.2) is 0 Å². The fourth-order valence-corrected chi connectivity index (χ4v) is 2.39. The van der Waals surface area contributed by atoms with Gasteiger partial charge in [0, 0.05) is 18.1 Å². The van der Waals surface area contributed by atoms with Gasteiger partial charge in [0.1, 0.15) is 5.01 Å². The molecule has 5 heteroatoms. The fourth-order valence-electron chi connectivity index (χ4n) is 0.744. The molecule has 1 heterocycles. The summed E-state index contributed by atoms with van der Waals surface area (Å²) in [4.78, 5) is 0. The fraction of sp³-hybridized carbons (Fsp3) is 0.750. The van der Waals surface area contributed by atoms with E-state index in [-0.39, 0.29) is 0 Å². The Labute approximate surface area is 87.3 Å². The highest BCUT2D eigenvalue weighted by molar-refractivity contribution is 7.99. The van der Waals surface area contributed by atoms with E-state index in [1.54, 1.807) is 11.3 Å². The monoisotopic (exact) mass is 217 g/mol. The summed E-state index contributed by atoms with van der Waals surface area (Å²) < 4.78 is 0. The van der Waals surface area contributed by atoms with Crippen LogP contribution < -0.4 is 5.32 Å². The molecule has 3 nitrogen and oxygen atoms in total. The zero-order valence-corrected chi connectivity index (χ0v) is 9.84. The van der Waals surface area contributed by atoms with Crippen molar-refractivity contribution in [2.75, 3.05) is 12.4 Å². The van der Waals surface area contributed by atoms with Crippen molar-refractivity contribution in [3.05, 3.63) is 5.01 Å². The van der Waals surface area contributed by atoms with Crippen molar-refractivity contribution in [2.45, 2.75) is 31.3 Å². The molecule has 0 radical (unpaired) electrons. The minimum atomic E-state index is 0.710. The molecule has 1 atom stereocenters. The molecule has 1 rings (SSSR count). The molecule has 74 valence electrons. The van der Waals surface area contributed by atoms with E-state index >= 15 is 0 Å². The number of hydrogen-bond acceptors (Lipinski definition) is 5. The van der Waals surface area contributed by atoms with Crippen LogP contribution >= 0.6 is 23.1 Å². The molecule has 1 unspecified atom stereocenters. The van der Waals surface area contributed by atoms with Crippen molar-refractivity contribution < 1.29 is 0 Å². The van der Waals surface area contributed by atoms with Gasteiger partial charge in [-0.25, -0.2) is 0 Å². The molecule has 0 aromatic carbocycles. The second kappa shape index (κ2) is 5.44. The molecule has 0 bridgehead atoms. The third kappa shape index (κ3) is 3.52. The van der Waals surface area contributed by atoms with Crippen LogP contribution in [0.5, 0.6) is 0 Å². The van der Waals surface area contributed by atoms with E-state index in [1.165, 1.54) is 6.42 Å². The lowest BCUT2D eigenvalue weighted by molar-refractivity contribution is 0.903. The molecule has 13 heavy (non-hydrogen) atoms. The van der Waals surface area contributed by atoms with Crippen molar-refractivity contribution in [2.24, 2.45) is 0 Å². The third-order valence-corrected chi connectivity index (χ3v) is 4.21. The first-order chi connectivity index (χ1) is 6.26. The van der Waals surface area contributed by atoms with Crippen molar-refractivity contribution >= 4 is 28.2 Å². The molecule has 0 aliphatic carbocycles. The van der Waals surface area contributed by atoms with Gasteiger partial charge in [0.25, 0.3) is 0 Å². The highest BCUT2D eigenvalue weighted by Gasteiger charge is 2.04. The predicted molar refractivity (Wildman–Crippen MR) is 60.5 cm³/mol. The van der Waals surface area contributed by atoms with Crippen molar-refractivity contribution in [3.63, 3.8) is 0 Å². The highest BCUT2D eigenvalue weighted by atomic mass is 32.2. The quantitative estimate of drug-likeness (QED) is 0.822. The molecule has 0 fully saturated rings. The van der Waals surface area contributed by atoms with Crippen LogP contribution in [-0.2, 0) is 5.75 Å². The average molecular weight is 217 g/mol. The summed E-state index contributed by atoms with van der Waals surface area (Å²) in [7, 11) is 1.87. The van der Waals surface area contributed by atoms with E-state index < -0.39 is 0 Å². The maximum Gasteiger partial charge on any atom is 0.205 e. The van der Waals surface area contributed by atoms with Crippen molar-refractivity contribution in [1.29, 1.82) is 0 Å². The summed E-state index contributed by atoms with van der Waals surface area (Å²) in [5.41, 5.74) is 0. The summed E-state index contributed by atoms with van der Waals surface area (Å²) in [6.07, 6.45) is 1.21. The summed E-state index contributed by atoms with van der Waals surface area (Å²) in [6.45, 7) is 4.45. The SMILES string of the molecule is CCC(C)SCc1nnc(NC)s1. The highest BCUT2D eigenvalue weighted by Crippen LogP contribution is 2.23. The van der Waals surface area contributed by atoms with Gasteiger partial charge < -0.3 is 5.32 Å². The van der Waals surface area contributed by atoms with Gasteiger partial charge in [-0.15, -0.1) is 10.2 Å². The van der Waals surface area contributed by atoms with Gasteiger partial charge in [-0.05, 0) is 6.42 Å². The van der Waals surface area contributed by atoms with Crippen LogP contribution in [0.2, 0.25) is 0 Å². The van der Waals surface area contributed by atoms with Crippen molar-refractivity contribution in [3.8, 4) is 0 Å². The number of rotatable bonds is 5. The minimum Gasteiger partial charge on any atom is -0.363 e. The van der Waals surface area contributed by atoms with Gasteiger partial charge in [0.2, 0.25) is 5.13 Å². The Bertz CT molecular complexity index is 249. The summed E-state index contributed by atoms with van der Waals surface area (Å²) in [5, 5.41) is 13.8. The third-order valence-electron chi connectivity index (χ3n) is 1.75. The Hall–Kier alpha value is -0.290. The van der Waals surface area contributed by atoms with E-state index in [4.69, 9.17) is 0 Å². The van der Waals surface area contributed by atoms with Gasteiger partial charge >= 0.3 is 0 Å². The summed E-state index contributed by atoms with van der Waals surface area (Å²) >= 11 is 3.56. The second-order valence-electron chi connectivity index (χ2n) is 2.78. The first-order valence-electron chi connectivity index (χ1n) is 4.38. The molecule has 1 N–H and O–H groups in total. The lowest BCUT2D eigenvalue weighted by atomic mass is 10.4. The van der Waals surface area contributed by atoms with Gasteiger partial charge in [-0.3, -0.25) is 0 Å². The molecule has 0 aliphatic rings. The van der Waals surface area contributed by atoms with Crippen LogP contribution in [-0.4, -0.2) is 22.5 Å². The number of hydrogen-bond donors (Lipinski definition) is 1. The number of aromatic nitrogens is 2. The van der Waals surface area contributed by atoms with Crippen LogP contribution in [0.1, 0.15) is 25.3 Å². The number of nitrogens with one attached hydrogen (secondary N) is 1. The molecule has 0 saturated heterocycles. The maximum absolute atomic E-state index is 4.08. The Balaban J connectivity index is 2.36. The predicted octanol–water partition coefficient (Wildman–Crippen LogP) is 2.61. The minimum absolute atomic E-state index is 0.710. The van der Waals surface area contributed by atoms with Crippen LogP contribution in [0, 0.1) is 0 Å². The van der Waals surface area contributed by atoms with E-state index in [0.717, 1.165) is 15.9 Å². The molecule has 1 aromatic rings. The Morgan fingerprint density at radius 3 is 2.85 bits per heavy atom. The summed E-state index contributed by atoms with van der Waals surface area (Å²) in [6, 6.07) is 0. The van der Waals surface area contributed by atoms with Crippen LogP contribution in [0.4, 0.5) is 5.13 Å². The molecule has 0 saturated carbocycles. The Morgan fingerprint density at radius 2 is 2.31 bits per heavy atom. The zero-order chi connectivity index (χ0) is 9.68. The average Bonchev–Trinajstić information content (AvgIpc) is 2.61. The molecule has 0 amide bonds. The Morgan fingerprint density at radius 1 is 1.54 bits per heavy atom. The molecule has 1 aromatic heterocycles. The lowest BCUT2D eigenvalue weighted by Crippen LogP contribution is -1.93. The standard InChI is InChI=1S/C8H15N3S2/c1-4-6(2)12-5-7-10-11-8(9-3)13-7/h6H,4-5H2,1-3H3,(H,9,11). The van der Waals surface area contributed by atoms with Crippen molar-refractivity contribution in [1.82, 2.24) is 10.2 Å². The first kappa shape index (κ1) is 10.8. The molecular formula is C8H15N3S2. The van der Waals surface area contributed by atoms with E-state index in [2.05, 4.69) is 29.4 Å². The molecular weight excluding hydrogens is 202 g/mol. The topological polar surface area (TPSA) is 37.8 Å². The van der Waals surface area contributed by atoms with Crippen LogP contribution in [0.25, 0.3) is 0 Å². The van der Waals surface area contributed by atoms with E-state index in [9.17, 15) is 0 Å². The first-order valence-corrected chi connectivity index (χ1v) is 6.24. The van der Waals surface area contributed by atoms with Gasteiger partial charge in [-0.2, -0.15) is 11.8 Å². The largest absolute Gasteiger partial charge is 0.363 e. The summed E-state index contributed by atoms with van der Waals surface area (Å²) in [5.74, 6) is 0.981. The number of nitrogens with zero attached hydrogens (tertiary/aromatic N) is 2. The van der Waals surface area contributed by atoms with E-state index in [1.807, 2.05) is 18.8 Å². The maximum atomic E-state index is 4.08. The second-order valence-corrected chi connectivity index (χ2v) is 5.27. The number of anilines is 1. The number of thioether (sulfide) groups is 1. The van der Waals surface area contributed by atoms with Crippen LogP contribution in [0.15, 0.2) is 0 Å². The lowest BCUT2D eigenvalue weighted by Gasteiger charge is -2.04. The van der Waals surface area contributed by atoms with Gasteiger partial charge in [-0.1, -0.05) is 25.2 Å². The zero-order valence-electron chi connectivity index (χ0n) is 8.20. The van der Waals surface area contributed by atoms with Gasteiger partial charge in [0.05, 0.1) is 0 Å². The van der Waals surface area contributed by atoms with E-state index in [0.29, 0.717) is 5.25 Å². The normalized spacial score (nSPS) is 12.8. The molecule has 0 spiro atoms.